The summed E-state index contributed by atoms with van der Waals surface area (Å²) in [5.74, 6) is 1.46. The van der Waals surface area contributed by atoms with Gasteiger partial charge < -0.3 is 4.74 Å². The maximum atomic E-state index is 13.1. The van der Waals surface area contributed by atoms with Crippen molar-refractivity contribution in [3.8, 4) is 0 Å². The lowest BCUT2D eigenvalue weighted by molar-refractivity contribution is 0.0503. The number of Topliss-reactive ketones (excluding diaryl/α,β-unsaturated/α-hetero) is 1. The maximum Gasteiger partial charge on any atom is 0.203 e. The number of benzene rings is 2. The molecule has 0 saturated heterocycles. The summed E-state index contributed by atoms with van der Waals surface area (Å²) in [6.07, 6.45) is 5.01. The first-order valence-electron chi connectivity index (χ1n) is 8.56. The summed E-state index contributed by atoms with van der Waals surface area (Å²) >= 11 is 11.9. The number of carbonyl (C=O) groups is 1. The number of rotatable bonds is 3. The van der Waals surface area contributed by atoms with Crippen LogP contribution in [-0.2, 0) is 4.74 Å². The van der Waals surface area contributed by atoms with E-state index in [0.29, 0.717) is 21.5 Å². The van der Waals surface area contributed by atoms with E-state index in [0.717, 1.165) is 30.6 Å². The molecule has 0 aromatic heterocycles. The van der Waals surface area contributed by atoms with Gasteiger partial charge in [-0.05, 0) is 73.4 Å². The molecule has 4 heteroatoms. The van der Waals surface area contributed by atoms with Gasteiger partial charge in [0.2, 0.25) is 5.78 Å². The average molecular weight is 373 g/mol. The van der Waals surface area contributed by atoms with Crippen LogP contribution in [-0.4, -0.2) is 11.9 Å². The molecule has 1 aliphatic heterocycles. The molecule has 2 nitrogen and oxygen atoms in total. The van der Waals surface area contributed by atoms with Gasteiger partial charge in [-0.3, -0.25) is 4.79 Å². The van der Waals surface area contributed by atoms with Crippen LogP contribution in [0, 0.1) is 11.8 Å². The summed E-state index contributed by atoms with van der Waals surface area (Å²) in [6.45, 7) is 0. The number of fused-ring (bicyclic) bond motifs is 1. The quantitative estimate of drug-likeness (QED) is 0.614. The SMILES string of the molecule is O=C(c1ccc(Cl)cc1)[C@@H]1OC(c2ccc(Cl)cc2)=C[C@@H]2CCC[C@@H]21. The van der Waals surface area contributed by atoms with Gasteiger partial charge in [0.25, 0.3) is 0 Å². The molecule has 0 spiro atoms. The first-order chi connectivity index (χ1) is 12.1. The van der Waals surface area contributed by atoms with Crippen LogP contribution >= 0.6 is 23.2 Å². The van der Waals surface area contributed by atoms with Gasteiger partial charge in [-0.15, -0.1) is 0 Å². The number of carbonyl (C=O) groups excluding carboxylic acids is 1. The van der Waals surface area contributed by atoms with Crippen molar-refractivity contribution in [1.82, 2.24) is 0 Å². The normalized spacial score (nSPS) is 25.0. The van der Waals surface area contributed by atoms with Crippen molar-refractivity contribution in [2.75, 3.05) is 0 Å². The third kappa shape index (κ3) is 3.33. The fraction of sp³-hybridized carbons (Fsp3) is 0.286. The van der Waals surface area contributed by atoms with Crippen LogP contribution in [0.25, 0.3) is 5.76 Å². The van der Waals surface area contributed by atoms with E-state index in [-0.39, 0.29) is 11.7 Å². The number of allylic oxidation sites excluding steroid dienone is 1. The second-order valence-corrected chi connectivity index (χ2v) is 7.58. The number of halogens is 2. The smallest absolute Gasteiger partial charge is 0.203 e. The minimum absolute atomic E-state index is 0.0353. The molecule has 0 N–H and O–H groups in total. The summed E-state index contributed by atoms with van der Waals surface area (Å²) < 4.78 is 6.21. The molecular weight excluding hydrogens is 355 g/mol. The molecule has 0 unspecified atom stereocenters. The predicted molar refractivity (Wildman–Crippen MR) is 101 cm³/mol. The van der Waals surface area contributed by atoms with E-state index in [1.54, 1.807) is 24.3 Å². The van der Waals surface area contributed by atoms with E-state index < -0.39 is 6.10 Å². The van der Waals surface area contributed by atoms with Gasteiger partial charge >= 0.3 is 0 Å². The van der Waals surface area contributed by atoms with Gasteiger partial charge in [-0.25, -0.2) is 0 Å². The van der Waals surface area contributed by atoms with Crippen molar-refractivity contribution in [1.29, 1.82) is 0 Å². The summed E-state index contributed by atoms with van der Waals surface area (Å²) in [6, 6.07) is 14.6. The Bertz CT molecular complexity index is 809. The van der Waals surface area contributed by atoms with Gasteiger partial charge in [-0.2, -0.15) is 0 Å². The number of ether oxygens (including phenoxy) is 1. The summed E-state index contributed by atoms with van der Waals surface area (Å²) in [7, 11) is 0. The Hall–Kier alpha value is -1.77. The first kappa shape index (κ1) is 16.7. The van der Waals surface area contributed by atoms with Crippen LogP contribution < -0.4 is 0 Å². The largest absolute Gasteiger partial charge is 0.482 e. The molecule has 3 atom stereocenters. The standard InChI is InChI=1S/C21H18Cl2O2/c22-16-8-4-13(5-9-16)19-12-15-2-1-3-18(15)21(25-19)20(24)14-6-10-17(23)11-7-14/h4-12,15,18,21H,1-3H2/t15-,18-,21+/m0/s1. The fourth-order valence-electron chi connectivity index (χ4n) is 3.86. The predicted octanol–water partition coefficient (Wildman–Crippen LogP) is 6.03. The number of hydrogen-bond acceptors (Lipinski definition) is 2. The Balaban J connectivity index is 1.66. The first-order valence-corrected chi connectivity index (χ1v) is 9.31. The minimum atomic E-state index is -0.440. The molecule has 1 saturated carbocycles. The van der Waals surface area contributed by atoms with Crippen molar-refractivity contribution in [3.05, 3.63) is 75.8 Å². The second-order valence-electron chi connectivity index (χ2n) is 6.71. The van der Waals surface area contributed by atoms with Crippen LogP contribution in [0.2, 0.25) is 10.0 Å². The highest BCUT2D eigenvalue weighted by molar-refractivity contribution is 6.31. The molecule has 25 heavy (non-hydrogen) atoms. The van der Waals surface area contributed by atoms with E-state index in [1.165, 1.54) is 0 Å². The molecule has 2 aromatic rings. The van der Waals surface area contributed by atoms with Gasteiger partial charge in [0, 0.05) is 27.1 Å². The highest BCUT2D eigenvalue weighted by atomic mass is 35.5. The Kier molecular flexibility index (Phi) is 4.58. The van der Waals surface area contributed by atoms with E-state index >= 15 is 0 Å². The Morgan fingerprint density at radius 3 is 2.24 bits per heavy atom. The molecular formula is C21H18Cl2O2. The summed E-state index contributed by atoms with van der Waals surface area (Å²) in [5, 5.41) is 1.31. The van der Waals surface area contributed by atoms with E-state index in [2.05, 4.69) is 6.08 Å². The molecule has 2 aromatic carbocycles. The van der Waals surface area contributed by atoms with Crippen LogP contribution in [0.4, 0.5) is 0 Å². The second kappa shape index (κ2) is 6.86. The van der Waals surface area contributed by atoms with Crippen LogP contribution in [0.5, 0.6) is 0 Å². The van der Waals surface area contributed by atoms with Crippen molar-refractivity contribution in [2.45, 2.75) is 25.4 Å². The lowest BCUT2D eigenvalue weighted by atomic mass is 9.83. The maximum absolute atomic E-state index is 13.1. The lowest BCUT2D eigenvalue weighted by Gasteiger charge is -2.33. The molecule has 1 fully saturated rings. The van der Waals surface area contributed by atoms with E-state index in [4.69, 9.17) is 27.9 Å². The van der Waals surface area contributed by atoms with Gasteiger partial charge in [0.15, 0.2) is 6.10 Å². The molecule has 2 aliphatic rings. The van der Waals surface area contributed by atoms with E-state index in [9.17, 15) is 4.79 Å². The van der Waals surface area contributed by atoms with Crippen molar-refractivity contribution in [3.63, 3.8) is 0 Å². The number of ketones is 1. The van der Waals surface area contributed by atoms with Crippen LogP contribution in [0.1, 0.15) is 35.2 Å². The number of hydrogen-bond donors (Lipinski definition) is 0. The van der Waals surface area contributed by atoms with Crippen LogP contribution in [0.3, 0.4) is 0 Å². The Morgan fingerprint density at radius 1 is 0.920 bits per heavy atom. The molecule has 1 aliphatic carbocycles. The highest BCUT2D eigenvalue weighted by Gasteiger charge is 2.42. The average Bonchev–Trinajstić information content (AvgIpc) is 3.10. The summed E-state index contributed by atoms with van der Waals surface area (Å²) in [5.41, 5.74) is 1.61. The molecule has 1 heterocycles. The topological polar surface area (TPSA) is 26.3 Å². The zero-order chi connectivity index (χ0) is 17.4. The minimum Gasteiger partial charge on any atom is -0.482 e. The molecule has 128 valence electrons. The van der Waals surface area contributed by atoms with Crippen molar-refractivity contribution in [2.24, 2.45) is 11.8 Å². The highest BCUT2D eigenvalue weighted by Crippen LogP contribution is 2.43. The van der Waals surface area contributed by atoms with Crippen LogP contribution in [0.15, 0.2) is 54.6 Å². The zero-order valence-electron chi connectivity index (χ0n) is 13.6. The third-order valence-electron chi connectivity index (χ3n) is 5.15. The fourth-order valence-corrected chi connectivity index (χ4v) is 4.11. The monoisotopic (exact) mass is 372 g/mol. The van der Waals surface area contributed by atoms with Gasteiger partial charge in [0.05, 0.1) is 0 Å². The molecule has 4 rings (SSSR count). The van der Waals surface area contributed by atoms with E-state index in [1.807, 2.05) is 24.3 Å². The lowest BCUT2D eigenvalue weighted by Crippen LogP contribution is -2.36. The Labute approximate surface area is 157 Å². The van der Waals surface area contributed by atoms with Crippen molar-refractivity contribution < 1.29 is 9.53 Å². The van der Waals surface area contributed by atoms with Crippen molar-refractivity contribution >= 4 is 34.7 Å². The zero-order valence-corrected chi connectivity index (χ0v) is 15.1. The molecule has 0 amide bonds. The molecule has 0 radical (unpaired) electrons. The van der Waals surface area contributed by atoms with Gasteiger partial charge in [0.1, 0.15) is 5.76 Å². The molecule has 0 bridgehead atoms. The van der Waals surface area contributed by atoms with Gasteiger partial charge in [-0.1, -0.05) is 29.6 Å². The Morgan fingerprint density at radius 2 is 1.56 bits per heavy atom. The third-order valence-corrected chi connectivity index (χ3v) is 5.65. The summed E-state index contributed by atoms with van der Waals surface area (Å²) in [4.78, 5) is 13.1.